The van der Waals surface area contributed by atoms with Crippen molar-refractivity contribution in [1.82, 2.24) is 19.8 Å². The van der Waals surface area contributed by atoms with Crippen LogP contribution in [0.5, 0.6) is 0 Å². The first kappa shape index (κ1) is 21.6. The average Bonchev–Trinajstić information content (AvgIpc) is 3.10. The van der Waals surface area contributed by atoms with Crippen LogP contribution in [-0.2, 0) is 11.3 Å². The zero-order chi connectivity index (χ0) is 21.7. The predicted octanol–water partition coefficient (Wildman–Crippen LogP) is 4.09. The smallest absolute Gasteiger partial charge is 0.252 e. The second-order valence-corrected chi connectivity index (χ2v) is 7.72. The van der Waals surface area contributed by atoms with Crippen LogP contribution in [0.2, 0.25) is 0 Å². The van der Waals surface area contributed by atoms with Crippen molar-refractivity contribution in [1.29, 1.82) is 0 Å². The SMILES string of the molecule is CCCCN(C)C(=O)Cn1c(C(C)NC(=O)c2ccccc2C)nc2ccccc21. The number of para-hydroxylation sites is 2. The lowest BCUT2D eigenvalue weighted by Crippen LogP contribution is -2.33. The lowest BCUT2D eigenvalue weighted by atomic mass is 10.1. The van der Waals surface area contributed by atoms with Gasteiger partial charge >= 0.3 is 0 Å². The van der Waals surface area contributed by atoms with Crippen molar-refractivity contribution in [2.75, 3.05) is 13.6 Å². The lowest BCUT2D eigenvalue weighted by Gasteiger charge is -2.20. The highest BCUT2D eigenvalue weighted by molar-refractivity contribution is 5.95. The molecule has 0 aliphatic carbocycles. The van der Waals surface area contributed by atoms with Crippen LogP contribution >= 0.6 is 0 Å². The molecule has 0 radical (unpaired) electrons. The average molecular weight is 407 g/mol. The van der Waals surface area contributed by atoms with Gasteiger partial charge in [-0.1, -0.05) is 43.7 Å². The number of imidazole rings is 1. The Hall–Kier alpha value is -3.15. The summed E-state index contributed by atoms with van der Waals surface area (Å²) in [5.74, 6) is 0.561. The van der Waals surface area contributed by atoms with E-state index in [2.05, 4.69) is 12.2 Å². The molecule has 30 heavy (non-hydrogen) atoms. The fraction of sp³-hybridized carbons (Fsp3) is 0.375. The van der Waals surface area contributed by atoms with E-state index in [1.54, 1.807) is 4.90 Å². The highest BCUT2D eigenvalue weighted by Gasteiger charge is 2.22. The summed E-state index contributed by atoms with van der Waals surface area (Å²) in [6.45, 7) is 6.86. The number of unbranched alkanes of at least 4 members (excludes halogenated alkanes) is 1. The van der Waals surface area contributed by atoms with Gasteiger partial charge in [-0.3, -0.25) is 9.59 Å². The molecule has 1 N–H and O–H groups in total. The maximum absolute atomic E-state index is 12.8. The molecule has 3 aromatic rings. The van der Waals surface area contributed by atoms with Gasteiger partial charge in [-0.2, -0.15) is 0 Å². The summed E-state index contributed by atoms with van der Waals surface area (Å²) in [5, 5.41) is 3.04. The minimum Gasteiger partial charge on any atom is -0.344 e. The first-order valence-electron chi connectivity index (χ1n) is 10.5. The molecule has 2 amide bonds. The minimum atomic E-state index is -0.349. The fourth-order valence-electron chi connectivity index (χ4n) is 3.53. The fourth-order valence-corrected chi connectivity index (χ4v) is 3.53. The van der Waals surface area contributed by atoms with Crippen LogP contribution in [0.4, 0.5) is 0 Å². The van der Waals surface area contributed by atoms with E-state index in [1.807, 2.05) is 74.0 Å². The maximum atomic E-state index is 12.8. The molecule has 0 saturated heterocycles. The molecule has 6 nitrogen and oxygen atoms in total. The summed E-state index contributed by atoms with van der Waals surface area (Å²) in [6.07, 6.45) is 2.02. The van der Waals surface area contributed by atoms with E-state index < -0.39 is 0 Å². The number of hydrogen-bond donors (Lipinski definition) is 1. The monoisotopic (exact) mass is 406 g/mol. The molecule has 1 unspecified atom stereocenters. The zero-order valence-electron chi connectivity index (χ0n) is 18.2. The first-order chi connectivity index (χ1) is 14.4. The van der Waals surface area contributed by atoms with E-state index in [4.69, 9.17) is 4.98 Å². The van der Waals surface area contributed by atoms with Gasteiger partial charge in [0.25, 0.3) is 5.91 Å². The third-order valence-electron chi connectivity index (χ3n) is 5.37. The molecule has 0 saturated carbocycles. The van der Waals surface area contributed by atoms with E-state index >= 15 is 0 Å². The molecular formula is C24H30N4O2. The van der Waals surface area contributed by atoms with Gasteiger partial charge in [-0.15, -0.1) is 0 Å². The summed E-state index contributed by atoms with van der Waals surface area (Å²) in [7, 11) is 1.83. The quantitative estimate of drug-likeness (QED) is 0.613. The van der Waals surface area contributed by atoms with Crippen LogP contribution in [0.3, 0.4) is 0 Å². The summed E-state index contributed by atoms with van der Waals surface area (Å²) < 4.78 is 1.92. The van der Waals surface area contributed by atoms with Crippen LogP contribution in [0, 0.1) is 6.92 Å². The standard InChI is InChI=1S/C24H30N4O2/c1-5-6-15-27(4)22(29)16-28-21-14-10-9-13-20(21)26-23(28)18(3)25-24(30)19-12-8-7-11-17(19)2/h7-14,18H,5-6,15-16H2,1-4H3,(H,25,30). The molecule has 1 atom stereocenters. The lowest BCUT2D eigenvalue weighted by molar-refractivity contribution is -0.130. The Morgan fingerprint density at radius 2 is 1.83 bits per heavy atom. The van der Waals surface area contributed by atoms with Crippen molar-refractivity contribution in [2.45, 2.75) is 46.2 Å². The highest BCUT2D eigenvalue weighted by Crippen LogP contribution is 2.22. The Balaban J connectivity index is 1.87. The molecule has 158 valence electrons. The number of fused-ring (bicyclic) bond motifs is 1. The van der Waals surface area contributed by atoms with Gasteiger partial charge in [0.05, 0.1) is 17.1 Å². The largest absolute Gasteiger partial charge is 0.344 e. The summed E-state index contributed by atoms with van der Waals surface area (Å²) in [6, 6.07) is 14.9. The van der Waals surface area contributed by atoms with E-state index in [1.165, 1.54) is 0 Å². The molecule has 0 aliphatic rings. The van der Waals surface area contributed by atoms with E-state index in [0.717, 1.165) is 36.0 Å². The van der Waals surface area contributed by atoms with Crippen molar-refractivity contribution in [3.05, 3.63) is 65.5 Å². The maximum Gasteiger partial charge on any atom is 0.252 e. The van der Waals surface area contributed by atoms with Gasteiger partial charge in [0.15, 0.2) is 0 Å². The van der Waals surface area contributed by atoms with E-state index in [9.17, 15) is 9.59 Å². The zero-order valence-corrected chi connectivity index (χ0v) is 18.2. The van der Waals surface area contributed by atoms with Crippen molar-refractivity contribution in [3.63, 3.8) is 0 Å². The molecule has 1 heterocycles. The second-order valence-electron chi connectivity index (χ2n) is 7.72. The van der Waals surface area contributed by atoms with Crippen LogP contribution in [0.15, 0.2) is 48.5 Å². The molecule has 0 aliphatic heterocycles. The van der Waals surface area contributed by atoms with Crippen molar-refractivity contribution >= 4 is 22.8 Å². The highest BCUT2D eigenvalue weighted by atomic mass is 16.2. The van der Waals surface area contributed by atoms with E-state index in [-0.39, 0.29) is 24.4 Å². The normalized spacial score (nSPS) is 12.0. The number of aromatic nitrogens is 2. The number of benzene rings is 2. The van der Waals surface area contributed by atoms with Gasteiger partial charge in [0.1, 0.15) is 12.4 Å². The molecule has 0 bridgehead atoms. The molecule has 6 heteroatoms. The third-order valence-corrected chi connectivity index (χ3v) is 5.37. The van der Waals surface area contributed by atoms with Gasteiger partial charge in [0, 0.05) is 19.2 Å². The van der Waals surface area contributed by atoms with Crippen LogP contribution < -0.4 is 5.32 Å². The number of amides is 2. The Bertz CT molecular complexity index is 1040. The van der Waals surface area contributed by atoms with Crippen molar-refractivity contribution in [3.8, 4) is 0 Å². The second kappa shape index (κ2) is 9.57. The number of carbonyl (C=O) groups excluding carboxylic acids is 2. The molecule has 2 aromatic carbocycles. The van der Waals surface area contributed by atoms with Gasteiger partial charge in [0.2, 0.25) is 5.91 Å². The number of nitrogens with one attached hydrogen (secondary N) is 1. The number of aryl methyl sites for hydroxylation is 1. The molecule has 0 fully saturated rings. The molecule has 3 rings (SSSR count). The molecule has 0 spiro atoms. The van der Waals surface area contributed by atoms with Crippen LogP contribution in [0.1, 0.15) is 54.5 Å². The minimum absolute atomic E-state index is 0.0327. The van der Waals surface area contributed by atoms with Gasteiger partial charge < -0.3 is 14.8 Å². The summed E-state index contributed by atoms with van der Waals surface area (Å²) >= 11 is 0. The Morgan fingerprint density at radius 1 is 1.13 bits per heavy atom. The van der Waals surface area contributed by atoms with Gasteiger partial charge in [-0.05, 0) is 44.0 Å². The van der Waals surface area contributed by atoms with Crippen molar-refractivity contribution in [2.24, 2.45) is 0 Å². The molecule has 1 aromatic heterocycles. The van der Waals surface area contributed by atoms with Crippen LogP contribution in [-0.4, -0.2) is 39.9 Å². The Kier molecular flexibility index (Phi) is 6.87. The predicted molar refractivity (Wildman–Crippen MR) is 119 cm³/mol. The first-order valence-corrected chi connectivity index (χ1v) is 10.5. The number of likely N-dealkylation sites (N-methyl/N-ethyl adjacent to an activating group) is 1. The van der Waals surface area contributed by atoms with E-state index in [0.29, 0.717) is 11.4 Å². The topological polar surface area (TPSA) is 67.2 Å². The number of nitrogens with zero attached hydrogens (tertiary/aromatic N) is 3. The summed E-state index contributed by atoms with van der Waals surface area (Å²) in [5.41, 5.74) is 3.26. The number of rotatable bonds is 8. The van der Waals surface area contributed by atoms with Crippen molar-refractivity contribution < 1.29 is 9.59 Å². The number of hydrogen-bond acceptors (Lipinski definition) is 3. The Morgan fingerprint density at radius 3 is 2.57 bits per heavy atom. The third kappa shape index (κ3) is 4.70. The number of carbonyl (C=O) groups is 2. The van der Waals surface area contributed by atoms with Crippen LogP contribution in [0.25, 0.3) is 11.0 Å². The Labute approximate surface area is 177 Å². The molecular weight excluding hydrogens is 376 g/mol. The summed E-state index contributed by atoms with van der Waals surface area (Å²) in [4.78, 5) is 32.1. The van der Waals surface area contributed by atoms with Gasteiger partial charge in [-0.25, -0.2) is 4.98 Å².